The van der Waals surface area contributed by atoms with E-state index in [1.54, 1.807) is 18.9 Å². The second-order valence-corrected chi connectivity index (χ2v) is 6.70. The molecule has 0 radical (unpaired) electrons. The molecule has 0 heterocycles. The third-order valence-electron chi connectivity index (χ3n) is 4.49. The topological polar surface area (TPSA) is 29.5 Å². The van der Waals surface area contributed by atoms with Crippen molar-refractivity contribution in [1.29, 1.82) is 0 Å². The quantitative estimate of drug-likeness (QED) is 0.767. The minimum atomic E-state index is 0.152. The summed E-state index contributed by atoms with van der Waals surface area (Å²) in [5.74, 6) is 0.850. The lowest BCUT2D eigenvalue weighted by Crippen LogP contribution is -1.90. The first-order valence-corrected chi connectivity index (χ1v) is 9.26. The molecular weight excluding hydrogens is 316 g/mol. The van der Waals surface area contributed by atoms with Gasteiger partial charge >= 0.3 is 0 Å². The molecule has 2 aromatic rings. The van der Waals surface area contributed by atoms with Crippen LogP contribution in [0.5, 0.6) is 5.75 Å². The normalized spacial score (nSPS) is 15.1. The average Bonchev–Trinajstić information content (AvgIpc) is 2.88. The van der Waals surface area contributed by atoms with Gasteiger partial charge in [0.05, 0.1) is 7.11 Å². The summed E-state index contributed by atoms with van der Waals surface area (Å²) in [6.07, 6.45) is 4.98. The van der Waals surface area contributed by atoms with E-state index in [0.29, 0.717) is 6.42 Å². The predicted molar refractivity (Wildman–Crippen MR) is 103 cm³/mol. The smallest absolute Gasteiger partial charge is 0.119 e. The summed E-state index contributed by atoms with van der Waals surface area (Å²) in [5.41, 5.74) is 7.25. The summed E-state index contributed by atoms with van der Waals surface area (Å²) in [4.78, 5) is 1.27. The van der Waals surface area contributed by atoms with Crippen LogP contribution in [0.4, 0.5) is 0 Å². The van der Waals surface area contributed by atoms with Crippen LogP contribution in [0.3, 0.4) is 0 Å². The summed E-state index contributed by atoms with van der Waals surface area (Å²) in [6.45, 7) is 2.29. The SMILES string of the molecule is COc1ccc2c(c1)C(CCO)=C(C)/C2=C/c1ccc(SC)cc1. The van der Waals surface area contributed by atoms with E-state index in [9.17, 15) is 5.11 Å². The number of benzene rings is 2. The molecule has 1 aliphatic rings. The van der Waals surface area contributed by atoms with E-state index in [1.807, 2.05) is 6.07 Å². The molecule has 2 nitrogen and oxygen atoms in total. The maximum absolute atomic E-state index is 9.44. The fourth-order valence-corrected chi connectivity index (χ4v) is 3.60. The number of hydrogen-bond donors (Lipinski definition) is 1. The molecule has 0 saturated heterocycles. The van der Waals surface area contributed by atoms with Crippen LogP contribution < -0.4 is 4.74 Å². The van der Waals surface area contributed by atoms with Gasteiger partial charge in [0.2, 0.25) is 0 Å². The second kappa shape index (κ2) is 7.29. The number of allylic oxidation sites excluding steroid dienone is 2. The third-order valence-corrected chi connectivity index (χ3v) is 5.23. The number of hydrogen-bond acceptors (Lipinski definition) is 3. The standard InChI is InChI=1S/C21H22O2S/c1-14-18(10-11-22)21-13-16(23-2)6-9-19(21)20(14)12-15-4-7-17(24-3)8-5-15/h4-9,12-13,22H,10-11H2,1-3H3/b20-12-. The molecule has 0 spiro atoms. The fourth-order valence-electron chi connectivity index (χ4n) is 3.19. The van der Waals surface area contributed by atoms with E-state index < -0.39 is 0 Å². The molecule has 0 fully saturated rings. The Hall–Kier alpha value is -1.97. The van der Waals surface area contributed by atoms with E-state index in [0.717, 1.165) is 5.75 Å². The summed E-state index contributed by atoms with van der Waals surface area (Å²) < 4.78 is 5.37. The first-order valence-electron chi connectivity index (χ1n) is 8.03. The summed E-state index contributed by atoms with van der Waals surface area (Å²) in [7, 11) is 1.68. The number of aliphatic hydroxyl groups excluding tert-OH is 1. The van der Waals surface area contributed by atoms with Crippen molar-refractivity contribution >= 4 is 29.0 Å². The highest BCUT2D eigenvalue weighted by Gasteiger charge is 2.23. The highest BCUT2D eigenvalue weighted by Crippen LogP contribution is 2.44. The molecule has 3 rings (SSSR count). The molecule has 0 aliphatic heterocycles. The zero-order valence-corrected chi connectivity index (χ0v) is 15.1. The van der Waals surface area contributed by atoms with Crippen LogP contribution in [-0.4, -0.2) is 25.1 Å². The number of methoxy groups -OCH3 is 1. The van der Waals surface area contributed by atoms with Gasteiger partial charge in [-0.05, 0) is 83.4 Å². The van der Waals surface area contributed by atoms with Crippen LogP contribution in [-0.2, 0) is 0 Å². The molecule has 1 aliphatic carbocycles. The zero-order chi connectivity index (χ0) is 17.1. The fraction of sp³-hybridized carbons (Fsp3) is 0.238. The van der Waals surface area contributed by atoms with Gasteiger partial charge in [-0.2, -0.15) is 0 Å². The Morgan fingerprint density at radius 1 is 1.08 bits per heavy atom. The maximum Gasteiger partial charge on any atom is 0.119 e. The molecule has 24 heavy (non-hydrogen) atoms. The highest BCUT2D eigenvalue weighted by molar-refractivity contribution is 7.98. The van der Waals surface area contributed by atoms with Gasteiger partial charge in [-0.15, -0.1) is 11.8 Å². The minimum Gasteiger partial charge on any atom is -0.497 e. The number of fused-ring (bicyclic) bond motifs is 1. The van der Waals surface area contributed by atoms with E-state index in [2.05, 4.69) is 55.7 Å². The second-order valence-electron chi connectivity index (χ2n) is 5.82. The predicted octanol–water partition coefficient (Wildman–Crippen LogP) is 5.13. The van der Waals surface area contributed by atoms with Crippen LogP contribution in [0.15, 0.2) is 52.9 Å². The van der Waals surface area contributed by atoms with E-state index in [4.69, 9.17) is 4.74 Å². The Kier molecular flexibility index (Phi) is 5.12. The third kappa shape index (κ3) is 3.14. The van der Waals surface area contributed by atoms with Gasteiger partial charge in [0.25, 0.3) is 0 Å². The molecule has 1 N–H and O–H groups in total. The largest absolute Gasteiger partial charge is 0.497 e. The first-order chi connectivity index (χ1) is 11.7. The molecule has 0 saturated carbocycles. The van der Waals surface area contributed by atoms with Gasteiger partial charge in [0.1, 0.15) is 5.75 Å². The van der Waals surface area contributed by atoms with Crippen molar-refractivity contribution in [2.45, 2.75) is 18.2 Å². The van der Waals surface area contributed by atoms with Gasteiger partial charge in [0, 0.05) is 11.5 Å². The van der Waals surface area contributed by atoms with Crippen molar-refractivity contribution in [2.75, 3.05) is 20.0 Å². The Morgan fingerprint density at radius 2 is 1.83 bits per heavy atom. The summed E-state index contributed by atoms with van der Waals surface area (Å²) in [6, 6.07) is 14.8. The molecule has 0 amide bonds. The van der Waals surface area contributed by atoms with Gasteiger partial charge in [-0.1, -0.05) is 18.2 Å². The number of ether oxygens (including phenoxy) is 1. The van der Waals surface area contributed by atoms with E-state index >= 15 is 0 Å². The Bertz CT molecular complexity index is 801. The van der Waals surface area contributed by atoms with Crippen molar-refractivity contribution < 1.29 is 9.84 Å². The van der Waals surface area contributed by atoms with Crippen LogP contribution >= 0.6 is 11.8 Å². The molecule has 124 valence electrons. The maximum atomic E-state index is 9.44. The van der Waals surface area contributed by atoms with Crippen LogP contribution in [0.2, 0.25) is 0 Å². The van der Waals surface area contributed by atoms with Crippen molar-refractivity contribution in [2.24, 2.45) is 0 Å². The van der Waals surface area contributed by atoms with Crippen molar-refractivity contribution in [3.05, 3.63) is 64.7 Å². The summed E-state index contributed by atoms with van der Waals surface area (Å²) in [5, 5.41) is 9.44. The first kappa shape index (κ1) is 16.9. The number of aliphatic hydroxyl groups is 1. The lowest BCUT2D eigenvalue weighted by Gasteiger charge is -2.07. The lowest BCUT2D eigenvalue weighted by molar-refractivity contribution is 0.305. The monoisotopic (exact) mass is 338 g/mol. The lowest BCUT2D eigenvalue weighted by atomic mass is 10.0. The Morgan fingerprint density at radius 3 is 2.46 bits per heavy atom. The van der Waals surface area contributed by atoms with Crippen molar-refractivity contribution in [3.63, 3.8) is 0 Å². The molecule has 0 aromatic heterocycles. The number of thioether (sulfide) groups is 1. The van der Waals surface area contributed by atoms with Crippen LogP contribution in [0, 0.1) is 0 Å². The summed E-state index contributed by atoms with van der Waals surface area (Å²) >= 11 is 1.75. The Labute approximate surface area is 147 Å². The van der Waals surface area contributed by atoms with Gasteiger partial charge < -0.3 is 9.84 Å². The molecule has 0 unspecified atom stereocenters. The van der Waals surface area contributed by atoms with Crippen LogP contribution in [0.25, 0.3) is 17.2 Å². The molecule has 3 heteroatoms. The average molecular weight is 338 g/mol. The highest BCUT2D eigenvalue weighted by atomic mass is 32.2. The van der Waals surface area contributed by atoms with Gasteiger partial charge in [-0.25, -0.2) is 0 Å². The molecule has 2 aromatic carbocycles. The number of rotatable bonds is 5. The Balaban J connectivity index is 2.09. The van der Waals surface area contributed by atoms with Crippen molar-refractivity contribution in [1.82, 2.24) is 0 Å². The molecule has 0 bridgehead atoms. The van der Waals surface area contributed by atoms with Crippen molar-refractivity contribution in [3.8, 4) is 5.75 Å². The van der Waals surface area contributed by atoms with Gasteiger partial charge in [-0.3, -0.25) is 0 Å². The zero-order valence-electron chi connectivity index (χ0n) is 14.3. The van der Waals surface area contributed by atoms with E-state index in [-0.39, 0.29) is 6.61 Å². The van der Waals surface area contributed by atoms with Crippen LogP contribution in [0.1, 0.15) is 30.0 Å². The van der Waals surface area contributed by atoms with E-state index in [1.165, 1.54) is 38.3 Å². The van der Waals surface area contributed by atoms with Gasteiger partial charge in [0.15, 0.2) is 0 Å². The molecular formula is C21H22O2S. The minimum absolute atomic E-state index is 0.152. The molecule has 0 atom stereocenters.